The van der Waals surface area contributed by atoms with E-state index in [0.29, 0.717) is 0 Å². The van der Waals surface area contributed by atoms with Crippen molar-refractivity contribution in [3.8, 4) is 0 Å². The molecule has 6 heteroatoms. The third-order valence-electron chi connectivity index (χ3n) is 1.97. The van der Waals surface area contributed by atoms with Gasteiger partial charge in [-0.25, -0.2) is 0 Å². The Morgan fingerprint density at radius 1 is 0.857 bits per heavy atom. The zero-order valence-electron chi connectivity index (χ0n) is 8.11. The third kappa shape index (κ3) is 14.1. The second-order valence-corrected chi connectivity index (χ2v) is 3.43. The second-order valence-electron chi connectivity index (χ2n) is 3.07. The molecule has 0 aromatic heterocycles. The molecule has 0 atom stereocenters. The predicted octanol–water partition coefficient (Wildman–Crippen LogP) is 0.0986. The van der Waals surface area contributed by atoms with Crippen LogP contribution in [0.25, 0.3) is 10.8 Å². The van der Waals surface area contributed by atoms with Crippen LogP contribution in [-0.4, -0.2) is 22.4 Å². The molecule has 0 aliphatic heterocycles. The van der Waals surface area contributed by atoms with Crippen molar-refractivity contribution in [2.45, 2.75) is 37.8 Å². The molecule has 1 fully saturated rings. The molecule has 0 amide bonds. The highest BCUT2D eigenvalue weighted by molar-refractivity contribution is 7.78. The number of quaternary nitrogens is 2. The van der Waals surface area contributed by atoms with E-state index < -0.39 is 0 Å². The highest BCUT2D eigenvalue weighted by Crippen LogP contribution is 2.11. The van der Waals surface area contributed by atoms with Gasteiger partial charge in [0, 0.05) is 25.7 Å². The van der Waals surface area contributed by atoms with Gasteiger partial charge < -0.3 is 22.3 Å². The second kappa shape index (κ2) is 12.5. The van der Waals surface area contributed by atoms with E-state index in [9.17, 15) is 0 Å². The van der Waals surface area contributed by atoms with Crippen molar-refractivity contribution in [1.82, 2.24) is 0 Å². The molecule has 14 heavy (non-hydrogen) atoms. The minimum absolute atomic E-state index is 0.730. The van der Waals surface area contributed by atoms with Crippen molar-refractivity contribution in [1.29, 1.82) is 0 Å². The largest absolute Gasteiger partial charge is 0.753 e. The fraction of sp³-hybridized carbons (Fsp3) is 0.750. The first-order valence-corrected chi connectivity index (χ1v) is 5.12. The Balaban J connectivity index is 0. The summed E-state index contributed by atoms with van der Waals surface area (Å²) in [6.45, 7) is 0. The van der Waals surface area contributed by atoms with Crippen LogP contribution < -0.4 is 11.5 Å². The van der Waals surface area contributed by atoms with Crippen molar-refractivity contribution in [2.24, 2.45) is 0 Å². The maximum atomic E-state index is 7.13. The summed E-state index contributed by atoms with van der Waals surface area (Å²) in [6, 6.07) is 1.46. The Morgan fingerprint density at radius 2 is 1.00 bits per heavy atom. The van der Waals surface area contributed by atoms with Crippen LogP contribution in [0.4, 0.5) is 0 Å². The maximum absolute atomic E-state index is 7.13. The Hall–Kier alpha value is -0.480. The quantitative estimate of drug-likeness (QED) is 0.457. The molecule has 0 unspecified atom stereocenters. The van der Waals surface area contributed by atoms with Crippen LogP contribution in [-0.2, 0) is 0 Å². The molecule has 0 radical (unpaired) electrons. The highest BCUT2D eigenvalue weighted by atomic mass is 32.1. The first-order chi connectivity index (χ1) is 6.62. The van der Waals surface area contributed by atoms with E-state index in [1.165, 1.54) is 36.0 Å². The van der Waals surface area contributed by atoms with Gasteiger partial charge in [-0.15, -0.1) is 0 Å². The van der Waals surface area contributed by atoms with Gasteiger partial charge in [-0.1, -0.05) is 24.4 Å². The van der Waals surface area contributed by atoms with Gasteiger partial charge in [-0.2, -0.15) is 10.3 Å². The summed E-state index contributed by atoms with van der Waals surface area (Å²) < 4.78 is 0. The zero-order valence-corrected chi connectivity index (χ0v) is 9.74. The Morgan fingerprint density at radius 3 is 1.14 bits per heavy atom. The van der Waals surface area contributed by atoms with E-state index in [4.69, 9.17) is 10.8 Å². The van der Waals surface area contributed by atoms with Gasteiger partial charge in [0.2, 0.25) is 0 Å². The van der Waals surface area contributed by atoms with Gasteiger partial charge in [0.25, 0.3) is 0 Å². The summed E-state index contributed by atoms with van der Waals surface area (Å²) in [5.74, 6) is 0. The molecular weight excluding hydrogens is 216 g/mol. The lowest BCUT2D eigenvalue weighted by molar-refractivity contribution is -0.460. The molecule has 0 bridgehead atoms. The third-order valence-corrected chi connectivity index (χ3v) is 1.97. The van der Waals surface area contributed by atoms with Crippen LogP contribution in [0.2, 0.25) is 0 Å². The van der Waals surface area contributed by atoms with Crippen molar-refractivity contribution in [3.63, 3.8) is 0 Å². The normalized spacial score (nSPS) is 23.9. The van der Waals surface area contributed by atoms with E-state index in [1.54, 1.807) is 0 Å². The summed E-state index contributed by atoms with van der Waals surface area (Å²) in [4.78, 5) is 0. The number of nitrogens with zero attached hydrogens (tertiary/aromatic N) is 2. The average molecular weight is 232 g/mol. The topological polar surface area (TPSA) is 99.9 Å². The smallest absolute Gasteiger partial charge is 0.0848 e. The van der Waals surface area contributed by atoms with Crippen LogP contribution in [0.1, 0.15) is 25.7 Å². The summed E-state index contributed by atoms with van der Waals surface area (Å²) in [5.41, 5.74) is 8.01. The molecule has 1 saturated carbocycles. The highest BCUT2D eigenvalue weighted by Gasteiger charge is 2.18. The van der Waals surface area contributed by atoms with Gasteiger partial charge in [-0.05, 0) is 0 Å². The van der Waals surface area contributed by atoms with Crippen LogP contribution in [0.15, 0.2) is 0 Å². The first-order valence-electron chi connectivity index (χ1n) is 4.30. The monoisotopic (exact) mass is 232 g/mol. The maximum Gasteiger partial charge on any atom is 0.0848 e. The number of rotatable bonds is 0. The SMILES string of the molecule is [N-]=C=S.[N-]=C=S.[NH3+]C1CCC([NH3+])CC1. The number of hydrogen-bond acceptors (Lipinski definition) is 2. The van der Waals surface area contributed by atoms with Gasteiger partial charge in [0.05, 0.1) is 12.1 Å². The standard InChI is InChI=1S/C6H14N2.2CNS/c7-5-1-2-6(8)4-3-5;2*2-1-3/h5-6H,1-4,7-8H2;;/q;2*-1/p+2. The van der Waals surface area contributed by atoms with E-state index in [0.717, 1.165) is 12.1 Å². The van der Waals surface area contributed by atoms with Crippen LogP contribution in [0.3, 0.4) is 0 Å². The molecule has 4 nitrogen and oxygen atoms in total. The Kier molecular flexibility index (Phi) is 14.3. The summed E-state index contributed by atoms with van der Waals surface area (Å²) in [7, 11) is 0. The molecule has 0 heterocycles. The van der Waals surface area contributed by atoms with Gasteiger partial charge in [0.1, 0.15) is 0 Å². The van der Waals surface area contributed by atoms with Crippen molar-refractivity contribution < 1.29 is 11.5 Å². The lowest BCUT2D eigenvalue weighted by Gasteiger charge is -2.17. The van der Waals surface area contributed by atoms with Crippen LogP contribution in [0, 0.1) is 0 Å². The lowest BCUT2D eigenvalue weighted by atomic mass is 9.93. The summed E-state index contributed by atoms with van der Waals surface area (Å²) in [6.07, 6.45) is 5.20. The lowest BCUT2D eigenvalue weighted by Crippen LogP contribution is -2.68. The number of thiocarbonyl (C=S) groups is 2. The van der Waals surface area contributed by atoms with E-state index in [-0.39, 0.29) is 0 Å². The molecule has 0 aromatic rings. The molecule has 0 saturated heterocycles. The van der Waals surface area contributed by atoms with E-state index >= 15 is 0 Å². The molecule has 1 rings (SSSR count). The number of hydrogen-bond donors (Lipinski definition) is 2. The summed E-state index contributed by atoms with van der Waals surface area (Å²) >= 11 is 7.40. The fourth-order valence-corrected chi connectivity index (χ4v) is 1.23. The zero-order chi connectivity index (χ0) is 11.4. The predicted molar refractivity (Wildman–Crippen MR) is 63.7 cm³/mol. The fourth-order valence-electron chi connectivity index (χ4n) is 1.23. The number of isothiocyanates is 2. The molecule has 0 aromatic carbocycles. The molecule has 80 valence electrons. The van der Waals surface area contributed by atoms with E-state index in [2.05, 4.69) is 35.9 Å². The van der Waals surface area contributed by atoms with Gasteiger partial charge >= 0.3 is 0 Å². The minimum atomic E-state index is 0.730. The Labute approximate surface area is 95.1 Å². The van der Waals surface area contributed by atoms with Crippen molar-refractivity contribution >= 4 is 34.8 Å². The Bertz CT molecular complexity index is 166. The molecule has 1 aliphatic rings. The van der Waals surface area contributed by atoms with Crippen molar-refractivity contribution in [2.75, 3.05) is 0 Å². The first kappa shape index (κ1) is 16.0. The molecular formula is C8H16N4S2. The van der Waals surface area contributed by atoms with Crippen LogP contribution >= 0.6 is 24.4 Å². The minimum Gasteiger partial charge on any atom is -0.753 e. The molecule has 0 spiro atoms. The van der Waals surface area contributed by atoms with Gasteiger partial charge in [-0.3, -0.25) is 0 Å². The van der Waals surface area contributed by atoms with Gasteiger partial charge in [0.15, 0.2) is 0 Å². The molecule has 1 aliphatic carbocycles. The average Bonchev–Trinajstić information content (AvgIpc) is 2.13. The van der Waals surface area contributed by atoms with Crippen LogP contribution in [0.5, 0.6) is 0 Å². The molecule has 6 N–H and O–H groups in total. The van der Waals surface area contributed by atoms with Crippen molar-refractivity contribution in [3.05, 3.63) is 10.8 Å². The summed E-state index contributed by atoms with van der Waals surface area (Å²) in [5, 5.41) is 16.9. The van der Waals surface area contributed by atoms with E-state index in [1.807, 2.05) is 0 Å².